The summed E-state index contributed by atoms with van der Waals surface area (Å²) in [5, 5.41) is 14.4. The summed E-state index contributed by atoms with van der Waals surface area (Å²) in [5.41, 5.74) is 3.67. The molecule has 0 bridgehead atoms. The van der Waals surface area contributed by atoms with Gasteiger partial charge in [-0.2, -0.15) is 0 Å². The second-order valence-corrected chi connectivity index (χ2v) is 5.11. The number of aromatic nitrogens is 2. The zero-order chi connectivity index (χ0) is 13.3. The lowest BCUT2D eigenvalue weighted by atomic mass is 9.98. The largest absolute Gasteiger partial charge is 0.496 e. The molecule has 0 aliphatic rings. The highest BCUT2D eigenvalue weighted by Gasteiger charge is 2.22. The molecule has 1 aromatic carbocycles. The van der Waals surface area contributed by atoms with Crippen LogP contribution in [-0.2, 0) is 0 Å². The van der Waals surface area contributed by atoms with Gasteiger partial charge in [0.1, 0.15) is 11.9 Å². The SMILES string of the molecule is COc1cc(C)cc(C)c1C(O)c1snnc1C. The number of hydrogen-bond donors (Lipinski definition) is 1. The molecule has 1 N–H and O–H groups in total. The molecule has 0 amide bonds. The fourth-order valence-corrected chi connectivity index (χ4v) is 2.72. The summed E-state index contributed by atoms with van der Waals surface area (Å²) in [6.07, 6.45) is -0.736. The third-order valence-electron chi connectivity index (χ3n) is 2.92. The average molecular weight is 264 g/mol. The van der Waals surface area contributed by atoms with Gasteiger partial charge in [-0.15, -0.1) is 5.10 Å². The van der Waals surface area contributed by atoms with Crippen LogP contribution in [0, 0.1) is 20.8 Å². The molecule has 0 saturated heterocycles. The number of benzene rings is 1. The molecule has 5 heteroatoms. The van der Waals surface area contributed by atoms with E-state index in [1.54, 1.807) is 7.11 Å². The van der Waals surface area contributed by atoms with Gasteiger partial charge in [-0.05, 0) is 49.5 Å². The molecule has 0 aliphatic heterocycles. The van der Waals surface area contributed by atoms with Crippen LogP contribution in [-0.4, -0.2) is 21.8 Å². The Morgan fingerprint density at radius 1 is 1.28 bits per heavy atom. The van der Waals surface area contributed by atoms with Gasteiger partial charge in [0.25, 0.3) is 0 Å². The Hall–Kier alpha value is -1.46. The first kappa shape index (κ1) is 13.0. The van der Waals surface area contributed by atoms with Gasteiger partial charge in [-0.25, -0.2) is 0 Å². The molecule has 0 radical (unpaired) electrons. The summed E-state index contributed by atoms with van der Waals surface area (Å²) in [4.78, 5) is 0.764. The Labute approximate surface area is 110 Å². The third kappa shape index (κ3) is 2.23. The number of aliphatic hydroxyl groups is 1. The van der Waals surface area contributed by atoms with Crippen LogP contribution in [0.25, 0.3) is 0 Å². The van der Waals surface area contributed by atoms with Gasteiger partial charge in [-0.1, -0.05) is 10.6 Å². The Balaban J connectivity index is 2.54. The first-order valence-corrected chi connectivity index (χ1v) is 6.44. The Kier molecular flexibility index (Phi) is 3.63. The summed E-state index contributed by atoms with van der Waals surface area (Å²) in [7, 11) is 1.61. The monoisotopic (exact) mass is 264 g/mol. The van der Waals surface area contributed by atoms with E-state index >= 15 is 0 Å². The minimum absolute atomic E-state index is 0.702. The predicted molar refractivity (Wildman–Crippen MR) is 71.2 cm³/mol. The quantitative estimate of drug-likeness (QED) is 0.925. The van der Waals surface area contributed by atoms with Crippen molar-refractivity contribution in [3.8, 4) is 5.75 Å². The molecule has 2 aromatic rings. The summed E-state index contributed by atoms with van der Waals surface area (Å²) in [6, 6.07) is 3.96. The summed E-state index contributed by atoms with van der Waals surface area (Å²) < 4.78 is 9.23. The molecule has 1 heterocycles. The molecule has 1 aromatic heterocycles. The second-order valence-electron chi connectivity index (χ2n) is 4.32. The number of methoxy groups -OCH3 is 1. The molecule has 0 saturated carbocycles. The highest BCUT2D eigenvalue weighted by Crippen LogP contribution is 2.35. The smallest absolute Gasteiger partial charge is 0.125 e. The van der Waals surface area contributed by atoms with Crippen molar-refractivity contribution in [2.45, 2.75) is 26.9 Å². The fourth-order valence-electron chi connectivity index (χ4n) is 2.08. The topological polar surface area (TPSA) is 55.2 Å². The Morgan fingerprint density at radius 3 is 2.56 bits per heavy atom. The number of aliphatic hydroxyl groups excluding tert-OH is 1. The number of aryl methyl sites for hydroxylation is 3. The van der Waals surface area contributed by atoms with Crippen LogP contribution < -0.4 is 4.74 Å². The van der Waals surface area contributed by atoms with Gasteiger partial charge < -0.3 is 9.84 Å². The first-order valence-electron chi connectivity index (χ1n) is 5.66. The van der Waals surface area contributed by atoms with Gasteiger partial charge in [0.05, 0.1) is 17.7 Å². The van der Waals surface area contributed by atoms with Crippen LogP contribution in [0.15, 0.2) is 12.1 Å². The molecule has 0 fully saturated rings. The number of nitrogens with zero attached hydrogens (tertiary/aromatic N) is 2. The maximum atomic E-state index is 10.5. The van der Waals surface area contributed by atoms with Gasteiger partial charge in [0.2, 0.25) is 0 Å². The molecule has 2 rings (SSSR count). The highest BCUT2D eigenvalue weighted by molar-refractivity contribution is 7.05. The minimum atomic E-state index is -0.736. The molecule has 0 spiro atoms. The van der Waals surface area contributed by atoms with E-state index in [9.17, 15) is 5.11 Å². The molecular weight excluding hydrogens is 248 g/mol. The molecule has 4 nitrogen and oxygen atoms in total. The van der Waals surface area contributed by atoms with E-state index in [-0.39, 0.29) is 0 Å². The molecule has 1 atom stereocenters. The summed E-state index contributed by atoms with van der Waals surface area (Å²) >= 11 is 1.22. The van der Waals surface area contributed by atoms with Gasteiger partial charge in [-0.3, -0.25) is 0 Å². The maximum absolute atomic E-state index is 10.5. The lowest BCUT2D eigenvalue weighted by molar-refractivity contribution is 0.216. The van der Waals surface area contributed by atoms with Crippen molar-refractivity contribution < 1.29 is 9.84 Å². The van der Waals surface area contributed by atoms with E-state index in [1.807, 2.05) is 32.9 Å². The van der Waals surface area contributed by atoms with E-state index in [0.29, 0.717) is 5.75 Å². The maximum Gasteiger partial charge on any atom is 0.125 e. The van der Waals surface area contributed by atoms with Gasteiger partial charge in [0.15, 0.2) is 0 Å². The van der Waals surface area contributed by atoms with Crippen LogP contribution in [0.1, 0.15) is 33.4 Å². The van der Waals surface area contributed by atoms with Crippen LogP contribution in [0.2, 0.25) is 0 Å². The highest BCUT2D eigenvalue weighted by atomic mass is 32.1. The Bertz CT molecular complexity index is 566. The van der Waals surface area contributed by atoms with Crippen LogP contribution >= 0.6 is 11.5 Å². The third-order valence-corrected chi connectivity index (χ3v) is 3.80. The van der Waals surface area contributed by atoms with Crippen molar-refractivity contribution in [3.63, 3.8) is 0 Å². The van der Waals surface area contributed by atoms with Crippen molar-refractivity contribution in [1.29, 1.82) is 0 Å². The van der Waals surface area contributed by atoms with E-state index < -0.39 is 6.10 Å². The van der Waals surface area contributed by atoms with Crippen molar-refractivity contribution >= 4 is 11.5 Å². The van der Waals surface area contributed by atoms with Gasteiger partial charge >= 0.3 is 0 Å². The summed E-state index contributed by atoms with van der Waals surface area (Å²) in [5.74, 6) is 0.702. The zero-order valence-electron chi connectivity index (χ0n) is 10.9. The van der Waals surface area contributed by atoms with Crippen molar-refractivity contribution in [2.24, 2.45) is 0 Å². The van der Waals surface area contributed by atoms with E-state index in [4.69, 9.17) is 4.74 Å². The first-order chi connectivity index (χ1) is 8.54. The summed E-state index contributed by atoms with van der Waals surface area (Å²) in [6.45, 7) is 5.82. The normalized spacial score (nSPS) is 12.5. The zero-order valence-corrected chi connectivity index (χ0v) is 11.7. The minimum Gasteiger partial charge on any atom is -0.496 e. The van der Waals surface area contributed by atoms with Crippen LogP contribution in [0.4, 0.5) is 0 Å². The fraction of sp³-hybridized carbons (Fsp3) is 0.385. The van der Waals surface area contributed by atoms with E-state index in [1.165, 1.54) is 11.5 Å². The van der Waals surface area contributed by atoms with Crippen molar-refractivity contribution in [1.82, 2.24) is 9.59 Å². The standard InChI is InChI=1S/C13H16N2O2S/c1-7-5-8(2)11(10(6-7)17-4)12(16)13-9(3)14-15-18-13/h5-6,12,16H,1-4H3. The van der Waals surface area contributed by atoms with Crippen LogP contribution in [0.5, 0.6) is 5.75 Å². The average Bonchev–Trinajstić information content (AvgIpc) is 2.73. The van der Waals surface area contributed by atoms with Crippen molar-refractivity contribution in [2.75, 3.05) is 7.11 Å². The Morgan fingerprint density at radius 2 is 2.00 bits per heavy atom. The molecule has 1 unspecified atom stereocenters. The van der Waals surface area contributed by atoms with Gasteiger partial charge in [0, 0.05) is 5.56 Å². The lowest BCUT2D eigenvalue weighted by Crippen LogP contribution is -2.05. The lowest BCUT2D eigenvalue weighted by Gasteiger charge is -2.17. The molecule has 0 aliphatic carbocycles. The van der Waals surface area contributed by atoms with E-state index in [0.717, 1.165) is 27.3 Å². The molecular formula is C13H16N2O2S. The molecule has 96 valence electrons. The number of rotatable bonds is 3. The second kappa shape index (κ2) is 5.04. The van der Waals surface area contributed by atoms with Crippen LogP contribution in [0.3, 0.4) is 0 Å². The predicted octanol–water partition coefficient (Wildman–Crippen LogP) is 2.55. The number of hydrogen-bond acceptors (Lipinski definition) is 5. The molecule has 18 heavy (non-hydrogen) atoms. The number of ether oxygens (including phenoxy) is 1. The van der Waals surface area contributed by atoms with E-state index in [2.05, 4.69) is 9.59 Å². The van der Waals surface area contributed by atoms with Crippen molar-refractivity contribution in [3.05, 3.63) is 39.4 Å².